The smallest absolute Gasteiger partial charge is 0.248 e. The number of hydrogen-bond donors (Lipinski definition) is 1. The number of carbonyl (C=O) groups is 1. The Morgan fingerprint density at radius 3 is 2.48 bits per heavy atom. The molecule has 3 aromatic rings. The lowest BCUT2D eigenvalue weighted by Crippen LogP contribution is -2.07. The highest BCUT2D eigenvalue weighted by molar-refractivity contribution is 7.16. The van der Waals surface area contributed by atoms with Gasteiger partial charge in [0.05, 0.1) is 0 Å². The summed E-state index contributed by atoms with van der Waals surface area (Å²) in [4.78, 5) is 13.6. The van der Waals surface area contributed by atoms with Crippen molar-refractivity contribution >= 4 is 29.0 Å². The minimum Gasteiger partial charge on any atom is -0.323 e. The average molecular weight is 323 g/mol. The molecule has 0 saturated heterocycles. The second kappa shape index (κ2) is 7.03. The number of anilines is 1. The lowest BCUT2D eigenvalue weighted by Gasteiger charge is -2.00. The Morgan fingerprint density at radius 1 is 0.957 bits per heavy atom. The number of hydrogen-bond acceptors (Lipinski definition) is 2. The van der Waals surface area contributed by atoms with Gasteiger partial charge in [-0.1, -0.05) is 36.4 Å². The van der Waals surface area contributed by atoms with Gasteiger partial charge in [0.25, 0.3) is 0 Å². The molecule has 0 atom stereocenters. The molecule has 0 aliphatic rings. The first-order valence-corrected chi connectivity index (χ1v) is 7.93. The predicted molar refractivity (Wildman–Crippen MR) is 93.8 cm³/mol. The van der Waals surface area contributed by atoms with Gasteiger partial charge in [-0.25, -0.2) is 4.39 Å². The molecule has 2 nitrogen and oxygen atoms in total. The number of thiophene rings is 1. The molecule has 0 fully saturated rings. The third-order valence-electron chi connectivity index (χ3n) is 3.21. The minimum absolute atomic E-state index is 0.197. The van der Waals surface area contributed by atoms with Crippen molar-refractivity contribution in [2.75, 3.05) is 5.32 Å². The van der Waals surface area contributed by atoms with Gasteiger partial charge in [0, 0.05) is 27.1 Å². The molecule has 0 radical (unpaired) electrons. The maximum absolute atomic E-state index is 13.8. The molecule has 1 heterocycles. The van der Waals surface area contributed by atoms with Crippen molar-refractivity contribution in [1.82, 2.24) is 0 Å². The standard InChI is InChI=1S/C19H14FNOS/c20-17-9-5-4-8-16(17)18-12-10-15(23-18)11-13-19(22)21-14-6-2-1-3-7-14/h1-13H,(H,21,22). The SMILES string of the molecule is O=C(C=Cc1ccc(-c2ccccc2F)s1)Nc1ccccc1. The topological polar surface area (TPSA) is 29.1 Å². The first-order valence-electron chi connectivity index (χ1n) is 7.11. The summed E-state index contributed by atoms with van der Waals surface area (Å²) < 4.78 is 13.8. The van der Waals surface area contributed by atoms with Crippen LogP contribution in [0.1, 0.15) is 4.88 Å². The summed E-state index contributed by atoms with van der Waals surface area (Å²) in [7, 11) is 0. The van der Waals surface area contributed by atoms with Crippen molar-refractivity contribution in [2.45, 2.75) is 0 Å². The summed E-state index contributed by atoms with van der Waals surface area (Å²) in [5.74, 6) is -0.441. The number of halogens is 1. The molecule has 0 aliphatic heterocycles. The zero-order valence-electron chi connectivity index (χ0n) is 12.2. The summed E-state index contributed by atoms with van der Waals surface area (Å²) in [6, 6.07) is 19.7. The molecular weight excluding hydrogens is 309 g/mol. The first kappa shape index (κ1) is 15.2. The van der Waals surface area contributed by atoms with Crippen LogP contribution < -0.4 is 5.32 Å². The van der Waals surface area contributed by atoms with Gasteiger partial charge in [-0.15, -0.1) is 11.3 Å². The minimum atomic E-state index is -0.244. The van der Waals surface area contributed by atoms with Crippen molar-refractivity contribution < 1.29 is 9.18 Å². The van der Waals surface area contributed by atoms with E-state index in [2.05, 4.69) is 5.32 Å². The van der Waals surface area contributed by atoms with E-state index in [1.807, 2.05) is 42.5 Å². The van der Waals surface area contributed by atoms with E-state index in [0.717, 1.165) is 15.4 Å². The molecule has 1 amide bonds. The fraction of sp³-hybridized carbons (Fsp3) is 0. The third kappa shape index (κ3) is 3.93. The van der Waals surface area contributed by atoms with E-state index < -0.39 is 0 Å². The van der Waals surface area contributed by atoms with Crippen molar-refractivity contribution in [1.29, 1.82) is 0 Å². The molecule has 1 aromatic heterocycles. The van der Waals surface area contributed by atoms with Gasteiger partial charge in [0.15, 0.2) is 0 Å². The normalized spacial score (nSPS) is 10.8. The third-order valence-corrected chi connectivity index (χ3v) is 4.29. The highest BCUT2D eigenvalue weighted by Crippen LogP contribution is 2.30. The van der Waals surface area contributed by atoms with Crippen LogP contribution in [0, 0.1) is 5.82 Å². The fourth-order valence-corrected chi connectivity index (χ4v) is 3.05. The van der Waals surface area contributed by atoms with Crippen LogP contribution in [0.5, 0.6) is 0 Å². The summed E-state index contributed by atoms with van der Waals surface area (Å²) in [5.41, 5.74) is 1.33. The summed E-state index contributed by atoms with van der Waals surface area (Å²) >= 11 is 1.44. The lowest BCUT2D eigenvalue weighted by atomic mass is 10.2. The van der Waals surface area contributed by atoms with Crippen LogP contribution >= 0.6 is 11.3 Å². The second-order valence-electron chi connectivity index (χ2n) is 4.87. The van der Waals surface area contributed by atoms with Gasteiger partial charge in [-0.3, -0.25) is 4.79 Å². The number of para-hydroxylation sites is 1. The van der Waals surface area contributed by atoms with Crippen LogP contribution in [0.15, 0.2) is 72.8 Å². The largest absolute Gasteiger partial charge is 0.323 e. The maximum Gasteiger partial charge on any atom is 0.248 e. The zero-order chi connectivity index (χ0) is 16.1. The second-order valence-corrected chi connectivity index (χ2v) is 5.99. The van der Waals surface area contributed by atoms with Gasteiger partial charge < -0.3 is 5.32 Å². The molecule has 23 heavy (non-hydrogen) atoms. The van der Waals surface area contributed by atoms with Crippen LogP contribution in [0.4, 0.5) is 10.1 Å². The van der Waals surface area contributed by atoms with Gasteiger partial charge >= 0.3 is 0 Å². The molecule has 1 N–H and O–H groups in total. The van der Waals surface area contributed by atoms with E-state index in [9.17, 15) is 9.18 Å². The number of rotatable bonds is 4. The molecule has 0 bridgehead atoms. The highest BCUT2D eigenvalue weighted by atomic mass is 32.1. The van der Waals surface area contributed by atoms with E-state index in [-0.39, 0.29) is 11.7 Å². The van der Waals surface area contributed by atoms with Crippen LogP contribution in [-0.4, -0.2) is 5.91 Å². The summed E-state index contributed by atoms with van der Waals surface area (Å²) in [6.07, 6.45) is 3.21. The van der Waals surface area contributed by atoms with Crippen molar-refractivity contribution in [3.63, 3.8) is 0 Å². The Labute approximate surface area is 137 Å². The van der Waals surface area contributed by atoms with Crippen molar-refractivity contribution in [2.24, 2.45) is 0 Å². The monoisotopic (exact) mass is 323 g/mol. The molecule has 2 aromatic carbocycles. The first-order chi connectivity index (χ1) is 11.2. The predicted octanol–water partition coefficient (Wildman–Crippen LogP) is 5.21. The molecular formula is C19H14FNOS. The van der Waals surface area contributed by atoms with Crippen LogP contribution in [0.2, 0.25) is 0 Å². The van der Waals surface area contributed by atoms with Gasteiger partial charge in [0.1, 0.15) is 5.82 Å². The van der Waals surface area contributed by atoms with Gasteiger partial charge in [0.2, 0.25) is 5.91 Å². The number of amides is 1. The van der Waals surface area contributed by atoms with Crippen LogP contribution in [0.25, 0.3) is 16.5 Å². The van der Waals surface area contributed by atoms with E-state index in [1.165, 1.54) is 23.5 Å². The van der Waals surface area contributed by atoms with E-state index in [1.54, 1.807) is 24.3 Å². The number of benzene rings is 2. The average Bonchev–Trinajstić information content (AvgIpc) is 3.03. The summed E-state index contributed by atoms with van der Waals surface area (Å²) in [6.45, 7) is 0. The molecule has 4 heteroatoms. The van der Waals surface area contributed by atoms with Crippen LogP contribution in [0.3, 0.4) is 0 Å². The Bertz CT molecular complexity index is 839. The van der Waals surface area contributed by atoms with Crippen molar-refractivity contribution in [3.8, 4) is 10.4 Å². The highest BCUT2D eigenvalue weighted by Gasteiger charge is 2.06. The number of carbonyl (C=O) groups excluding carboxylic acids is 1. The van der Waals surface area contributed by atoms with Gasteiger partial charge in [-0.2, -0.15) is 0 Å². The fourth-order valence-electron chi connectivity index (χ4n) is 2.11. The van der Waals surface area contributed by atoms with Crippen LogP contribution in [-0.2, 0) is 4.79 Å². The van der Waals surface area contributed by atoms with Crippen molar-refractivity contribution in [3.05, 3.63) is 83.5 Å². The molecule has 0 saturated carbocycles. The number of nitrogens with one attached hydrogen (secondary N) is 1. The molecule has 0 unspecified atom stereocenters. The summed E-state index contributed by atoms with van der Waals surface area (Å²) in [5, 5.41) is 2.78. The van der Waals surface area contributed by atoms with E-state index >= 15 is 0 Å². The Balaban J connectivity index is 1.69. The Kier molecular flexibility index (Phi) is 4.64. The Morgan fingerprint density at radius 2 is 1.70 bits per heavy atom. The maximum atomic E-state index is 13.8. The van der Waals surface area contributed by atoms with E-state index in [0.29, 0.717) is 5.56 Å². The quantitative estimate of drug-likeness (QED) is 0.656. The Hall–Kier alpha value is -2.72. The molecule has 0 spiro atoms. The lowest BCUT2D eigenvalue weighted by molar-refractivity contribution is -0.111. The molecule has 114 valence electrons. The van der Waals surface area contributed by atoms with E-state index in [4.69, 9.17) is 0 Å². The molecule has 3 rings (SSSR count). The zero-order valence-corrected chi connectivity index (χ0v) is 13.0. The van der Waals surface area contributed by atoms with Gasteiger partial charge in [-0.05, 0) is 36.4 Å². The molecule has 0 aliphatic carbocycles.